The number of rotatable bonds is 6. The van der Waals surface area contributed by atoms with Crippen molar-refractivity contribution in [3.8, 4) is 11.6 Å². The maximum absolute atomic E-state index is 14.1. The van der Waals surface area contributed by atoms with Gasteiger partial charge in [0.25, 0.3) is 17.4 Å². The smallest absolute Gasteiger partial charge is 0.355 e. The van der Waals surface area contributed by atoms with Crippen LogP contribution in [0.2, 0.25) is 0 Å². The van der Waals surface area contributed by atoms with E-state index in [2.05, 4.69) is 40.2 Å². The van der Waals surface area contributed by atoms with Crippen molar-refractivity contribution >= 4 is 27.7 Å². The number of halogens is 4. The first-order chi connectivity index (χ1) is 20.8. The van der Waals surface area contributed by atoms with Crippen LogP contribution in [0.3, 0.4) is 0 Å². The Labute approximate surface area is 259 Å². The number of hydrogen-bond acceptors (Lipinski definition) is 5. The van der Waals surface area contributed by atoms with Gasteiger partial charge in [-0.05, 0) is 74.2 Å². The van der Waals surface area contributed by atoms with E-state index in [0.717, 1.165) is 11.8 Å². The number of aromatic nitrogens is 4. The Morgan fingerprint density at radius 3 is 2.41 bits per heavy atom. The summed E-state index contributed by atoms with van der Waals surface area (Å²) in [5, 5.41) is 7.22. The van der Waals surface area contributed by atoms with Crippen molar-refractivity contribution in [1.82, 2.24) is 29.5 Å². The number of hydrogen-bond donors (Lipinski definition) is 1. The monoisotopic (exact) mass is 670 g/mol. The topological polar surface area (TPSA) is 102 Å². The predicted molar refractivity (Wildman–Crippen MR) is 161 cm³/mol. The molecule has 1 atom stereocenters. The molecule has 0 bridgehead atoms. The van der Waals surface area contributed by atoms with Crippen LogP contribution in [0, 0.1) is 5.92 Å². The SMILES string of the molecule is CNC(=O)c1ccc(-n2c(-n3ccc(CC(C)C)n3)nc3c(c2=O)CC(C)N(C(=O)c2ccc(Br)c(C(F)(F)F)c2)C3)cc1. The molecule has 0 radical (unpaired) electrons. The summed E-state index contributed by atoms with van der Waals surface area (Å²) in [5.74, 6) is -0.352. The van der Waals surface area contributed by atoms with Crippen LogP contribution in [0.25, 0.3) is 11.6 Å². The number of fused-ring (bicyclic) bond motifs is 1. The van der Waals surface area contributed by atoms with Crippen LogP contribution in [0.4, 0.5) is 13.2 Å². The zero-order chi connectivity index (χ0) is 31.9. The van der Waals surface area contributed by atoms with Gasteiger partial charge in [-0.25, -0.2) is 14.2 Å². The summed E-state index contributed by atoms with van der Waals surface area (Å²) in [7, 11) is 1.53. The van der Waals surface area contributed by atoms with E-state index in [1.54, 1.807) is 37.4 Å². The maximum atomic E-state index is 14.1. The molecule has 5 rings (SSSR count). The van der Waals surface area contributed by atoms with Crippen molar-refractivity contribution < 1.29 is 22.8 Å². The first kappa shape index (κ1) is 31.2. The Morgan fingerprint density at radius 1 is 1.09 bits per heavy atom. The number of carbonyl (C=O) groups is 2. The molecule has 0 spiro atoms. The van der Waals surface area contributed by atoms with Gasteiger partial charge in [-0.15, -0.1) is 0 Å². The van der Waals surface area contributed by atoms with E-state index >= 15 is 0 Å². The van der Waals surface area contributed by atoms with Gasteiger partial charge in [-0.3, -0.25) is 14.4 Å². The lowest BCUT2D eigenvalue weighted by Crippen LogP contribution is -2.46. The zero-order valence-electron chi connectivity index (χ0n) is 24.4. The van der Waals surface area contributed by atoms with Gasteiger partial charge in [0.1, 0.15) is 0 Å². The highest BCUT2D eigenvalue weighted by Crippen LogP contribution is 2.36. The van der Waals surface area contributed by atoms with Crippen LogP contribution >= 0.6 is 15.9 Å². The fourth-order valence-electron chi connectivity index (χ4n) is 5.25. The summed E-state index contributed by atoms with van der Waals surface area (Å²) in [4.78, 5) is 46.0. The number of nitrogens with zero attached hydrogens (tertiary/aromatic N) is 5. The van der Waals surface area contributed by atoms with Crippen molar-refractivity contribution in [2.45, 2.75) is 52.4 Å². The van der Waals surface area contributed by atoms with Crippen LogP contribution in [0.5, 0.6) is 0 Å². The van der Waals surface area contributed by atoms with Gasteiger partial charge in [0, 0.05) is 40.4 Å². The lowest BCUT2D eigenvalue weighted by Gasteiger charge is -2.34. The molecule has 0 saturated carbocycles. The molecule has 2 aromatic heterocycles. The van der Waals surface area contributed by atoms with Crippen LogP contribution < -0.4 is 10.9 Å². The summed E-state index contributed by atoms with van der Waals surface area (Å²) in [5.41, 5.74) is 0.982. The van der Waals surface area contributed by atoms with Crippen molar-refractivity contribution in [2.75, 3.05) is 7.05 Å². The van der Waals surface area contributed by atoms with Crippen molar-refractivity contribution in [3.63, 3.8) is 0 Å². The van der Waals surface area contributed by atoms with E-state index in [-0.39, 0.29) is 40.4 Å². The van der Waals surface area contributed by atoms with Gasteiger partial charge in [-0.1, -0.05) is 29.8 Å². The molecule has 1 N–H and O–H groups in total. The first-order valence-corrected chi connectivity index (χ1v) is 14.8. The highest BCUT2D eigenvalue weighted by molar-refractivity contribution is 9.10. The molecule has 3 heterocycles. The van der Waals surface area contributed by atoms with Gasteiger partial charge in [0.2, 0.25) is 5.95 Å². The average Bonchev–Trinajstić information content (AvgIpc) is 3.43. The molecule has 1 unspecified atom stereocenters. The second-order valence-corrected chi connectivity index (χ2v) is 12.0. The molecule has 9 nitrogen and oxygen atoms in total. The second kappa shape index (κ2) is 12.0. The van der Waals surface area contributed by atoms with Crippen molar-refractivity contribution in [2.24, 2.45) is 5.92 Å². The van der Waals surface area contributed by atoms with Gasteiger partial charge in [0.15, 0.2) is 0 Å². The number of carbonyl (C=O) groups excluding carboxylic acids is 2. The molecule has 2 aromatic carbocycles. The van der Waals surface area contributed by atoms with Gasteiger partial charge < -0.3 is 10.2 Å². The molecule has 1 aliphatic heterocycles. The minimum absolute atomic E-state index is 0.0778. The van der Waals surface area contributed by atoms with Crippen LogP contribution in [0.15, 0.2) is 64.0 Å². The summed E-state index contributed by atoms with van der Waals surface area (Å²) >= 11 is 2.92. The number of benzene rings is 2. The van der Waals surface area contributed by atoms with E-state index < -0.39 is 23.7 Å². The van der Waals surface area contributed by atoms with Crippen LogP contribution in [-0.4, -0.2) is 49.1 Å². The predicted octanol–water partition coefficient (Wildman–Crippen LogP) is 5.34. The molecule has 0 aliphatic carbocycles. The third-order valence-corrected chi connectivity index (χ3v) is 8.15. The summed E-state index contributed by atoms with van der Waals surface area (Å²) in [6.45, 7) is 5.80. The van der Waals surface area contributed by atoms with Crippen molar-refractivity contribution in [1.29, 1.82) is 0 Å². The van der Waals surface area contributed by atoms with Crippen LogP contribution in [0.1, 0.15) is 64.0 Å². The third kappa shape index (κ3) is 6.05. The molecule has 0 fully saturated rings. The summed E-state index contributed by atoms with van der Waals surface area (Å²) < 4.78 is 43.4. The largest absolute Gasteiger partial charge is 0.417 e. The van der Waals surface area contributed by atoms with E-state index in [9.17, 15) is 27.6 Å². The van der Waals surface area contributed by atoms with Crippen LogP contribution in [-0.2, 0) is 25.6 Å². The van der Waals surface area contributed by atoms with E-state index in [0.29, 0.717) is 34.8 Å². The molecule has 44 heavy (non-hydrogen) atoms. The summed E-state index contributed by atoms with van der Waals surface area (Å²) in [6.07, 6.45) is -2.09. The van der Waals surface area contributed by atoms with E-state index in [1.165, 1.54) is 33.3 Å². The molecule has 13 heteroatoms. The van der Waals surface area contributed by atoms with Gasteiger partial charge >= 0.3 is 6.18 Å². The highest BCUT2D eigenvalue weighted by atomic mass is 79.9. The maximum Gasteiger partial charge on any atom is 0.417 e. The minimum atomic E-state index is -4.65. The zero-order valence-corrected chi connectivity index (χ0v) is 26.0. The molecule has 2 amide bonds. The molecule has 230 valence electrons. The Morgan fingerprint density at radius 2 is 1.77 bits per heavy atom. The van der Waals surface area contributed by atoms with Crippen molar-refractivity contribution in [3.05, 3.63) is 103 Å². The Kier molecular flexibility index (Phi) is 8.52. The lowest BCUT2D eigenvalue weighted by atomic mass is 9.98. The standard InChI is InChI=1S/C31H30BrF3N6O3/c1-17(2)13-21-11-12-40(38-21)30-37-26-16-39(28(43)20-7-10-25(32)24(15-20)31(33,34)35)18(3)14-23(26)29(44)41(30)22-8-5-19(6-9-22)27(42)36-4/h5-12,15,17-18H,13-14,16H2,1-4H3,(H,36,42). The van der Waals surface area contributed by atoms with Gasteiger partial charge in [-0.2, -0.15) is 18.3 Å². The number of nitrogens with one attached hydrogen (secondary N) is 1. The molecular weight excluding hydrogens is 641 g/mol. The Bertz CT molecular complexity index is 1800. The molecule has 1 aliphatic rings. The molecule has 4 aromatic rings. The van der Waals surface area contributed by atoms with E-state index in [1.807, 2.05) is 6.07 Å². The fraction of sp³-hybridized carbons (Fsp3) is 0.323. The average molecular weight is 672 g/mol. The molecule has 0 saturated heterocycles. The number of alkyl halides is 3. The fourth-order valence-corrected chi connectivity index (χ4v) is 5.72. The highest BCUT2D eigenvalue weighted by Gasteiger charge is 2.36. The normalized spacial score (nSPS) is 14.9. The number of amides is 2. The Balaban J connectivity index is 1.60. The first-order valence-electron chi connectivity index (χ1n) is 14.0. The lowest BCUT2D eigenvalue weighted by molar-refractivity contribution is -0.138. The third-order valence-electron chi connectivity index (χ3n) is 7.46. The van der Waals surface area contributed by atoms with Gasteiger partial charge in [0.05, 0.1) is 29.2 Å². The Hall–Kier alpha value is -4.26. The quantitative estimate of drug-likeness (QED) is 0.298. The molecular formula is C31H30BrF3N6O3. The summed E-state index contributed by atoms with van der Waals surface area (Å²) in [6, 6.07) is 11.2. The second-order valence-electron chi connectivity index (χ2n) is 11.1. The minimum Gasteiger partial charge on any atom is -0.355 e. The van der Waals surface area contributed by atoms with E-state index in [4.69, 9.17) is 4.98 Å².